The first-order chi connectivity index (χ1) is 30.1. The summed E-state index contributed by atoms with van der Waals surface area (Å²) in [6, 6.07) is 31.7. The first kappa shape index (κ1) is 45.3. The highest BCUT2D eigenvalue weighted by atomic mass is 16.6. The molecule has 0 fully saturated rings. The van der Waals surface area contributed by atoms with Crippen LogP contribution in [0, 0.1) is 0 Å². The lowest BCUT2D eigenvalue weighted by molar-refractivity contribution is -0.138. The van der Waals surface area contributed by atoms with Gasteiger partial charge in [0.15, 0.2) is 5.78 Å². The smallest absolute Gasteiger partial charge is 0.343 e. The summed E-state index contributed by atoms with van der Waals surface area (Å²) >= 11 is 0. The van der Waals surface area contributed by atoms with Crippen LogP contribution in [0.5, 0.6) is 28.7 Å². The third-order valence-corrected chi connectivity index (χ3v) is 8.80. The molecule has 0 N–H and O–H groups in total. The van der Waals surface area contributed by atoms with Gasteiger partial charge in [-0.2, -0.15) is 0 Å². The van der Waals surface area contributed by atoms with Gasteiger partial charge in [0.25, 0.3) is 0 Å². The van der Waals surface area contributed by atoms with Crippen molar-refractivity contribution in [1.82, 2.24) is 0 Å². The molecule has 13 nitrogen and oxygen atoms in total. The van der Waals surface area contributed by atoms with E-state index in [1.165, 1.54) is 24.3 Å². The lowest BCUT2D eigenvalue weighted by Crippen LogP contribution is -2.10. The van der Waals surface area contributed by atoms with Crippen molar-refractivity contribution >= 4 is 35.6 Å². The van der Waals surface area contributed by atoms with E-state index in [1.807, 2.05) is 0 Å². The Kier molecular flexibility index (Phi) is 17.3. The van der Waals surface area contributed by atoms with E-state index in [0.29, 0.717) is 72.6 Å². The maximum atomic E-state index is 13.0. The summed E-state index contributed by atoms with van der Waals surface area (Å²) in [4.78, 5) is 73.3. The van der Waals surface area contributed by atoms with Gasteiger partial charge in [0.2, 0.25) is 0 Å². The predicted octanol–water partition coefficient (Wildman–Crippen LogP) is 8.55. The number of hydrogen-bond acceptors (Lipinski definition) is 13. The molecule has 13 heteroatoms. The molecular formula is C49H44O13. The molecule has 0 aliphatic carbocycles. The predicted molar refractivity (Wildman–Crippen MR) is 227 cm³/mol. The van der Waals surface area contributed by atoms with E-state index >= 15 is 0 Å². The van der Waals surface area contributed by atoms with E-state index in [9.17, 15) is 28.8 Å². The molecule has 0 saturated heterocycles. The van der Waals surface area contributed by atoms with Crippen molar-refractivity contribution in [2.24, 2.45) is 0 Å². The summed E-state index contributed by atoms with van der Waals surface area (Å²) < 4.78 is 37.6. The first-order valence-corrected chi connectivity index (χ1v) is 19.6. The summed E-state index contributed by atoms with van der Waals surface area (Å²) in [6.07, 6.45) is 4.95. The Labute approximate surface area is 358 Å². The molecule has 5 aromatic carbocycles. The van der Waals surface area contributed by atoms with Crippen LogP contribution in [0.4, 0.5) is 0 Å². The van der Waals surface area contributed by atoms with Crippen LogP contribution in [0.2, 0.25) is 0 Å². The van der Waals surface area contributed by atoms with Gasteiger partial charge in [-0.25, -0.2) is 24.0 Å². The maximum Gasteiger partial charge on any atom is 0.343 e. The molecule has 0 atom stereocenters. The largest absolute Gasteiger partial charge is 0.494 e. The Hall–Kier alpha value is -7.80. The van der Waals surface area contributed by atoms with Gasteiger partial charge in [-0.05, 0) is 140 Å². The molecule has 0 radical (unpaired) electrons. The number of carbonyl (C=O) groups is 6. The van der Waals surface area contributed by atoms with E-state index in [0.717, 1.165) is 12.2 Å². The zero-order chi connectivity index (χ0) is 44.1. The summed E-state index contributed by atoms with van der Waals surface area (Å²) in [6.45, 7) is 8.09. The summed E-state index contributed by atoms with van der Waals surface area (Å²) in [5.74, 6) is -0.933. The SMILES string of the molecule is C=CC(=O)OCCCCOc1ccc(C(=O)Oc2ccc(C(=O)Cc3ccc(OC(=O)c4ccc(OC(=O)c5ccc(OCCCCOC(=O)C=C)cc5)cc4)cc3)cc2)cc1. The molecule has 5 aromatic rings. The van der Waals surface area contributed by atoms with Crippen molar-refractivity contribution in [1.29, 1.82) is 0 Å². The number of esters is 5. The number of carbonyl (C=O) groups excluding carboxylic acids is 6. The van der Waals surface area contributed by atoms with Crippen LogP contribution in [0.1, 0.15) is 72.7 Å². The molecule has 62 heavy (non-hydrogen) atoms. The van der Waals surface area contributed by atoms with Gasteiger partial charge in [-0.1, -0.05) is 25.3 Å². The third kappa shape index (κ3) is 14.8. The van der Waals surface area contributed by atoms with Crippen molar-refractivity contribution < 1.29 is 61.9 Å². The second kappa shape index (κ2) is 23.7. The van der Waals surface area contributed by atoms with Crippen LogP contribution in [0.15, 0.2) is 147 Å². The van der Waals surface area contributed by atoms with Gasteiger partial charge in [0.05, 0.1) is 43.1 Å². The highest BCUT2D eigenvalue weighted by Gasteiger charge is 2.15. The lowest BCUT2D eigenvalue weighted by atomic mass is 10.0. The third-order valence-electron chi connectivity index (χ3n) is 8.80. The second-order valence-electron chi connectivity index (χ2n) is 13.4. The summed E-state index contributed by atoms with van der Waals surface area (Å²) in [7, 11) is 0. The fourth-order valence-electron chi connectivity index (χ4n) is 5.45. The fraction of sp³-hybridized carbons (Fsp3) is 0.184. The van der Waals surface area contributed by atoms with E-state index in [-0.39, 0.29) is 48.2 Å². The molecule has 0 spiro atoms. The number of benzene rings is 5. The molecule has 0 amide bonds. The molecule has 0 unspecified atom stereocenters. The maximum absolute atomic E-state index is 13.0. The molecule has 0 aliphatic rings. The Morgan fingerprint density at radius 1 is 0.387 bits per heavy atom. The topological polar surface area (TPSA) is 167 Å². The number of hydrogen-bond donors (Lipinski definition) is 0. The quantitative estimate of drug-likeness (QED) is 0.0202. The number of ether oxygens (including phenoxy) is 7. The van der Waals surface area contributed by atoms with Gasteiger partial charge >= 0.3 is 29.8 Å². The number of Topliss-reactive ketones (excluding diaryl/α,β-unsaturated/α-hetero) is 1. The highest BCUT2D eigenvalue weighted by Crippen LogP contribution is 2.22. The van der Waals surface area contributed by atoms with Crippen LogP contribution in [0.3, 0.4) is 0 Å². The molecule has 0 saturated carbocycles. The normalized spacial score (nSPS) is 10.4. The van der Waals surface area contributed by atoms with E-state index in [1.54, 1.807) is 97.1 Å². The van der Waals surface area contributed by atoms with Crippen molar-refractivity contribution in [3.8, 4) is 28.7 Å². The Morgan fingerprint density at radius 2 is 0.694 bits per heavy atom. The van der Waals surface area contributed by atoms with Gasteiger partial charge in [-0.15, -0.1) is 0 Å². The number of rotatable bonds is 23. The number of unbranched alkanes of at least 4 members (excludes halogenated alkanes) is 2. The standard InChI is InChI=1S/C49H44O13/c1-3-45(51)58-31-7-5-29-56-39-21-13-36(14-22-39)47(53)61-42-25-11-35(12-26-42)44(50)33-34-9-19-41(20-10-34)60-49(55)38-17-27-43(28-18-38)62-48(54)37-15-23-40(24-16-37)57-30-6-8-32-59-46(52)4-2/h3-4,9-28H,1-2,5-8,29-33H2. The summed E-state index contributed by atoms with van der Waals surface area (Å²) in [5.41, 5.74) is 1.98. The van der Waals surface area contributed by atoms with Gasteiger partial charge in [0.1, 0.15) is 28.7 Å². The fourth-order valence-corrected chi connectivity index (χ4v) is 5.45. The Morgan fingerprint density at radius 3 is 1.05 bits per heavy atom. The van der Waals surface area contributed by atoms with Gasteiger partial charge in [-0.3, -0.25) is 4.79 Å². The van der Waals surface area contributed by atoms with Crippen LogP contribution in [0.25, 0.3) is 0 Å². The summed E-state index contributed by atoms with van der Waals surface area (Å²) in [5, 5.41) is 0. The van der Waals surface area contributed by atoms with E-state index in [4.69, 9.17) is 33.2 Å². The van der Waals surface area contributed by atoms with Gasteiger partial charge in [0, 0.05) is 24.1 Å². The van der Waals surface area contributed by atoms with E-state index in [2.05, 4.69) is 13.2 Å². The Bertz CT molecular complexity index is 2150. The van der Waals surface area contributed by atoms with Crippen LogP contribution < -0.4 is 23.7 Å². The van der Waals surface area contributed by atoms with Crippen LogP contribution >= 0.6 is 0 Å². The zero-order valence-electron chi connectivity index (χ0n) is 33.8. The lowest BCUT2D eigenvalue weighted by Gasteiger charge is -2.09. The van der Waals surface area contributed by atoms with Crippen molar-refractivity contribution in [3.63, 3.8) is 0 Å². The average molecular weight is 841 g/mol. The van der Waals surface area contributed by atoms with Gasteiger partial charge < -0.3 is 33.2 Å². The molecular weight excluding hydrogens is 797 g/mol. The minimum Gasteiger partial charge on any atom is -0.494 e. The van der Waals surface area contributed by atoms with E-state index < -0.39 is 29.8 Å². The minimum absolute atomic E-state index is 0.0840. The Balaban J connectivity index is 1.00. The zero-order valence-corrected chi connectivity index (χ0v) is 33.8. The highest BCUT2D eigenvalue weighted by molar-refractivity contribution is 5.98. The second-order valence-corrected chi connectivity index (χ2v) is 13.4. The molecule has 5 rings (SSSR count). The number of ketones is 1. The van der Waals surface area contributed by atoms with Crippen molar-refractivity contribution in [2.45, 2.75) is 32.1 Å². The first-order valence-electron chi connectivity index (χ1n) is 19.6. The average Bonchev–Trinajstić information content (AvgIpc) is 3.29. The monoisotopic (exact) mass is 840 g/mol. The minimum atomic E-state index is -0.624. The van der Waals surface area contributed by atoms with Crippen molar-refractivity contribution in [2.75, 3.05) is 26.4 Å². The molecule has 0 heterocycles. The van der Waals surface area contributed by atoms with Crippen LogP contribution in [-0.2, 0) is 25.5 Å². The molecule has 318 valence electrons. The van der Waals surface area contributed by atoms with Crippen molar-refractivity contribution in [3.05, 3.63) is 174 Å². The van der Waals surface area contributed by atoms with Crippen LogP contribution in [-0.4, -0.2) is 62.1 Å². The molecule has 0 bridgehead atoms. The molecule has 0 aromatic heterocycles. The molecule has 0 aliphatic heterocycles.